The molecule has 3 heterocycles. The van der Waals surface area contributed by atoms with Gasteiger partial charge in [-0.25, -0.2) is 18.1 Å². The van der Waals surface area contributed by atoms with E-state index in [2.05, 4.69) is 24.9 Å². The Morgan fingerprint density at radius 3 is 2.12 bits per heavy atom. The molecule has 0 saturated heterocycles. The molecule has 3 aromatic heterocycles. The number of aryl methyl sites for hydroxylation is 4. The van der Waals surface area contributed by atoms with Crippen LogP contribution in [0.25, 0.3) is 5.82 Å². The number of anilines is 1. The average Bonchev–Trinajstić information content (AvgIpc) is 3.17. The number of nitrogens with one attached hydrogen (secondary N) is 1. The molecule has 0 bridgehead atoms. The number of sulfonamides is 1. The van der Waals surface area contributed by atoms with E-state index in [1.54, 1.807) is 67.5 Å². The maximum absolute atomic E-state index is 12.9. The molecule has 0 saturated carbocycles. The average molecular weight is 482 g/mol. The topological polar surface area (TPSA) is 117 Å². The van der Waals surface area contributed by atoms with E-state index >= 15 is 0 Å². The number of aromatic nitrogens is 6. The maximum Gasteiger partial charge on any atom is 0.265 e. The predicted octanol–water partition coefficient (Wildman–Crippen LogP) is 3.84. The molecule has 34 heavy (non-hydrogen) atoms. The Labute approximate surface area is 198 Å². The third-order valence-electron chi connectivity index (χ3n) is 5.71. The summed E-state index contributed by atoms with van der Waals surface area (Å²) >= 11 is 0. The summed E-state index contributed by atoms with van der Waals surface area (Å²) in [6.07, 6.45) is 0. The number of benzene rings is 1. The van der Waals surface area contributed by atoms with E-state index in [4.69, 9.17) is 4.74 Å². The highest BCUT2D eigenvalue weighted by molar-refractivity contribution is 7.92. The first-order valence-corrected chi connectivity index (χ1v) is 12.1. The van der Waals surface area contributed by atoms with Crippen molar-refractivity contribution in [3.63, 3.8) is 0 Å². The normalized spacial score (nSPS) is 11.6. The van der Waals surface area contributed by atoms with Gasteiger partial charge in [-0.3, -0.25) is 9.40 Å². The zero-order valence-electron chi connectivity index (χ0n) is 20.2. The van der Waals surface area contributed by atoms with Gasteiger partial charge in [0.15, 0.2) is 5.82 Å². The lowest BCUT2D eigenvalue weighted by molar-refractivity contribution is 0.459. The fourth-order valence-electron chi connectivity index (χ4n) is 3.69. The van der Waals surface area contributed by atoms with Crippen molar-refractivity contribution >= 4 is 15.7 Å². The zero-order chi connectivity index (χ0) is 24.8. The number of nitrogens with zero attached hydrogens (tertiary/aromatic N) is 6. The van der Waals surface area contributed by atoms with Gasteiger partial charge in [0.1, 0.15) is 16.5 Å². The molecule has 4 rings (SSSR count). The molecule has 0 atom stereocenters. The van der Waals surface area contributed by atoms with Gasteiger partial charge in [0, 0.05) is 24.5 Å². The first-order valence-electron chi connectivity index (χ1n) is 10.7. The van der Waals surface area contributed by atoms with Crippen LogP contribution in [0.4, 0.5) is 5.69 Å². The van der Waals surface area contributed by atoms with Crippen LogP contribution in [0.5, 0.6) is 11.6 Å². The third-order valence-corrected chi connectivity index (χ3v) is 7.34. The largest absolute Gasteiger partial charge is 0.439 e. The molecular formula is C23H27N7O3S. The minimum atomic E-state index is -3.78. The molecular weight excluding hydrogens is 454 g/mol. The SMILES string of the molecule is Cc1nc(Oc2ccc(NS(=O)(=O)c3c(C)nn(C)c3C)cc2)cc(-n2nc(C)c(C)c2C)n1. The number of ether oxygens (including phenoxy) is 1. The highest BCUT2D eigenvalue weighted by Gasteiger charge is 2.24. The van der Waals surface area contributed by atoms with E-state index in [9.17, 15) is 8.42 Å². The molecule has 10 nitrogen and oxygen atoms in total. The minimum absolute atomic E-state index is 0.179. The van der Waals surface area contributed by atoms with Crippen LogP contribution < -0.4 is 9.46 Å². The molecule has 0 aliphatic carbocycles. The first-order chi connectivity index (χ1) is 16.0. The van der Waals surface area contributed by atoms with Gasteiger partial charge >= 0.3 is 0 Å². The van der Waals surface area contributed by atoms with Gasteiger partial charge in [0.05, 0.1) is 17.1 Å². The number of hydrogen-bond donors (Lipinski definition) is 1. The van der Waals surface area contributed by atoms with E-state index in [-0.39, 0.29) is 4.90 Å². The summed E-state index contributed by atoms with van der Waals surface area (Å²) in [6, 6.07) is 8.33. The summed E-state index contributed by atoms with van der Waals surface area (Å²) in [6.45, 7) is 11.1. The molecule has 0 unspecified atom stereocenters. The second kappa shape index (κ2) is 8.56. The van der Waals surface area contributed by atoms with Crippen LogP contribution in [0.2, 0.25) is 0 Å². The molecule has 0 radical (unpaired) electrons. The molecule has 1 N–H and O–H groups in total. The highest BCUT2D eigenvalue weighted by Crippen LogP contribution is 2.26. The smallest absolute Gasteiger partial charge is 0.265 e. The summed E-state index contributed by atoms with van der Waals surface area (Å²) in [5, 5.41) is 8.74. The van der Waals surface area contributed by atoms with Gasteiger partial charge in [0.25, 0.3) is 10.0 Å². The fraction of sp³-hybridized carbons (Fsp3) is 0.304. The maximum atomic E-state index is 12.9. The molecule has 11 heteroatoms. The molecule has 0 spiro atoms. The first kappa shape index (κ1) is 23.4. The van der Waals surface area contributed by atoms with Crippen LogP contribution in [0, 0.1) is 41.5 Å². The highest BCUT2D eigenvalue weighted by atomic mass is 32.2. The third kappa shape index (κ3) is 4.38. The standard InChI is InChI=1S/C23H27N7O3S/c1-13-14(2)27-30(16(13)4)21-12-22(25-18(6)24-21)33-20-10-8-19(9-11-20)28-34(31,32)23-15(3)26-29(7)17(23)5/h8-12,28H,1-7H3. The van der Waals surface area contributed by atoms with Crippen molar-refractivity contribution in [2.24, 2.45) is 7.05 Å². The van der Waals surface area contributed by atoms with Crippen molar-refractivity contribution in [2.45, 2.75) is 46.4 Å². The number of hydrogen-bond acceptors (Lipinski definition) is 7. The predicted molar refractivity (Wildman–Crippen MR) is 128 cm³/mol. The van der Waals surface area contributed by atoms with Gasteiger partial charge in [0.2, 0.25) is 5.88 Å². The Balaban J connectivity index is 1.55. The van der Waals surface area contributed by atoms with Gasteiger partial charge in [-0.15, -0.1) is 0 Å². The molecule has 178 valence electrons. The monoisotopic (exact) mass is 481 g/mol. The fourth-order valence-corrected chi connectivity index (χ4v) is 5.19. The summed E-state index contributed by atoms with van der Waals surface area (Å²) in [7, 11) is -2.07. The molecule has 0 fully saturated rings. The molecule has 4 aromatic rings. The Morgan fingerprint density at radius 1 is 0.882 bits per heavy atom. The van der Waals surface area contributed by atoms with Crippen LogP contribution in [-0.2, 0) is 17.1 Å². The summed E-state index contributed by atoms with van der Waals surface area (Å²) in [5.41, 5.74) is 4.46. The van der Waals surface area contributed by atoms with E-state index < -0.39 is 10.0 Å². The Kier molecular flexibility index (Phi) is 5.90. The quantitative estimate of drug-likeness (QED) is 0.445. The van der Waals surface area contributed by atoms with E-state index in [0.717, 1.165) is 17.0 Å². The molecule has 1 aromatic carbocycles. The Bertz CT molecular complexity index is 1490. The molecule has 0 aliphatic heterocycles. The second-order valence-electron chi connectivity index (χ2n) is 8.17. The van der Waals surface area contributed by atoms with E-state index in [1.807, 2.05) is 20.8 Å². The number of rotatable bonds is 6. The van der Waals surface area contributed by atoms with E-state index in [1.165, 1.54) is 0 Å². The van der Waals surface area contributed by atoms with Gasteiger partial charge in [-0.05, 0) is 71.4 Å². The van der Waals surface area contributed by atoms with Crippen LogP contribution in [0.3, 0.4) is 0 Å². The minimum Gasteiger partial charge on any atom is -0.439 e. The van der Waals surface area contributed by atoms with Crippen molar-refractivity contribution < 1.29 is 13.2 Å². The lowest BCUT2D eigenvalue weighted by Gasteiger charge is -2.11. The van der Waals surface area contributed by atoms with Crippen LogP contribution in [0.1, 0.15) is 34.2 Å². The van der Waals surface area contributed by atoms with Gasteiger partial charge in [-0.1, -0.05) is 0 Å². The van der Waals surface area contributed by atoms with Crippen molar-refractivity contribution in [3.8, 4) is 17.4 Å². The van der Waals surface area contributed by atoms with Crippen LogP contribution in [0.15, 0.2) is 35.2 Å². The van der Waals surface area contributed by atoms with Gasteiger partial charge in [-0.2, -0.15) is 15.2 Å². The van der Waals surface area contributed by atoms with E-state index in [0.29, 0.717) is 40.3 Å². The van der Waals surface area contributed by atoms with Crippen LogP contribution >= 0.6 is 0 Å². The molecule has 0 aliphatic rings. The molecule has 0 amide bonds. The van der Waals surface area contributed by atoms with Crippen molar-refractivity contribution in [1.82, 2.24) is 29.5 Å². The van der Waals surface area contributed by atoms with Crippen molar-refractivity contribution in [1.29, 1.82) is 0 Å². The lowest BCUT2D eigenvalue weighted by atomic mass is 10.2. The Hall–Kier alpha value is -3.73. The van der Waals surface area contributed by atoms with Crippen molar-refractivity contribution in [2.75, 3.05) is 4.72 Å². The summed E-state index contributed by atoms with van der Waals surface area (Å²) in [5.74, 6) is 2.03. The zero-order valence-corrected chi connectivity index (χ0v) is 21.0. The summed E-state index contributed by atoms with van der Waals surface area (Å²) < 4.78 is 37.6. The Morgan fingerprint density at radius 2 is 1.56 bits per heavy atom. The van der Waals surface area contributed by atoms with Gasteiger partial charge < -0.3 is 4.74 Å². The van der Waals surface area contributed by atoms with Crippen molar-refractivity contribution in [3.05, 3.63) is 64.5 Å². The second-order valence-corrected chi connectivity index (χ2v) is 9.79. The van der Waals surface area contributed by atoms with Crippen LogP contribution in [-0.4, -0.2) is 37.9 Å². The lowest BCUT2D eigenvalue weighted by Crippen LogP contribution is -2.14. The summed E-state index contributed by atoms with van der Waals surface area (Å²) in [4.78, 5) is 9.03.